The summed E-state index contributed by atoms with van der Waals surface area (Å²) < 4.78 is 5.13. The summed E-state index contributed by atoms with van der Waals surface area (Å²) in [6, 6.07) is 7.75. The van der Waals surface area contributed by atoms with Crippen molar-refractivity contribution >= 4 is 12.2 Å². The third kappa shape index (κ3) is 1.48. The summed E-state index contributed by atoms with van der Waals surface area (Å²) in [5, 5.41) is 0. The van der Waals surface area contributed by atoms with E-state index in [9.17, 15) is 0 Å². The molecule has 2 aromatic rings. The van der Waals surface area contributed by atoms with E-state index in [2.05, 4.69) is 4.98 Å². The van der Waals surface area contributed by atoms with Crippen molar-refractivity contribution in [3.63, 3.8) is 0 Å². The molecule has 0 amide bonds. The molecule has 0 fully saturated rings. The molecule has 0 radical (unpaired) electrons. The van der Waals surface area contributed by atoms with Crippen molar-refractivity contribution in [2.75, 3.05) is 0 Å². The fraction of sp³-hybridized carbons (Fsp3) is 0. The van der Waals surface area contributed by atoms with Gasteiger partial charge in [-0.1, -0.05) is 0 Å². The normalized spacial score (nSPS) is 11.0. The van der Waals surface area contributed by atoms with E-state index >= 15 is 0 Å². The van der Waals surface area contributed by atoms with Crippen LogP contribution >= 0.6 is 0 Å². The molecule has 0 unspecified atom stereocenters. The number of furan rings is 1. The van der Waals surface area contributed by atoms with Gasteiger partial charge in [0, 0.05) is 11.9 Å². The quantitative estimate of drug-likeness (QED) is 0.717. The molecule has 2 heterocycles. The van der Waals surface area contributed by atoms with Gasteiger partial charge in [-0.3, -0.25) is 0 Å². The Hall–Kier alpha value is -1.70. The number of aromatic amines is 1. The van der Waals surface area contributed by atoms with Crippen molar-refractivity contribution in [3.8, 4) is 0 Å². The molecule has 0 atom stereocenters. The molecular weight excluding hydrogens is 150 g/mol. The van der Waals surface area contributed by atoms with E-state index in [4.69, 9.17) is 4.42 Å². The lowest BCUT2D eigenvalue weighted by atomic mass is 10.3. The second kappa shape index (κ2) is 3.13. The second-order valence-corrected chi connectivity index (χ2v) is 2.47. The molecule has 0 aromatic carbocycles. The molecule has 12 heavy (non-hydrogen) atoms. The largest absolute Gasteiger partial charge is 0.465 e. The molecule has 60 valence electrons. The highest BCUT2D eigenvalue weighted by atomic mass is 16.3. The molecule has 0 aliphatic heterocycles. The molecule has 2 nitrogen and oxygen atoms in total. The highest BCUT2D eigenvalue weighted by molar-refractivity contribution is 5.65. The van der Waals surface area contributed by atoms with Gasteiger partial charge in [-0.2, -0.15) is 0 Å². The van der Waals surface area contributed by atoms with Gasteiger partial charge in [-0.05, 0) is 36.4 Å². The van der Waals surface area contributed by atoms with E-state index in [-0.39, 0.29) is 0 Å². The fourth-order valence-corrected chi connectivity index (χ4v) is 1.01. The lowest BCUT2D eigenvalue weighted by Crippen LogP contribution is -1.66. The molecule has 0 aliphatic carbocycles. The van der Waals surface area contributed by atoms with Gasteiger partial charge < -0.3 is 9.40 Å². The minimum atomic E-state index is 0.865. The van der Waals surface area contributed by atoms with Crippen LogP contribution in [0.1, 0.15) is 11.5 Å². The van der Waals surface area contributed by atoms with Crippen molar-refractivity contribution in [3.05, 3.63) is 48.2 Å². The Kier molecular flexibility index (Phi) is 1.82. The molecule has 2 heteroatoms. The SMILES string of the molecule is C(=Cc1ccco1)c1ccc[nH]1. The van der Waals surface area contributed by atoms with E-state index in [1.165, 1.54) is 0 Å². The third-order valence-electron chi connectivity index (χ3n) is 1.59. The van der Waals surface area contributed by atoms with E-state index < -0.39 is 0 Å². The van der Waals surface area contributed by atoms with Gasteiger partial charge in [-0.15, -0.1) is 0 Å². The fourth-order valence-electron chi connectivity index (χ4n) is 1.01. The molecular formula is C10H9NO. The van der Waals surface area contributed by atoms with Crippen LogP contribution in [-0.2, 0) is 0 Å². The minimum absolute atomic E-state index is 0.865. The number of hydrogen-bond donors (Lipinski definition) is 1. The lowest BCUT2D eigenvalue weighted by Gasteiger charge is -1.83. The van der Waals surface area contributed by atoms with Gasteiger partial charge in [0.05, 0.1) is 6.26 Å². The topological polar surface area (TPSA) is 28.9 Å². The highest BCUT2D eigenvalue weighted by Crippen LogP contribution is 2.06. The smallest absolute Gasteiger partial charge is 0.126 e. The van der Waals surface area contributed by atoms with Crippen molar-refractivity contribution in [2.24, 2.45) is 0 Å². The predicted molar refractivity (Wildman–Crippen MR) is 48.4 cm³/mol. The maximum absolute atomic E-state index is 5.13. The van der Waals surface area contributed by atoms with Crippen LogP contribution in [0, 0.1) is 0 Å². The first kappa shape index (κ1) is 6.98. The first-order chi connectivity index (χ1) is 5.95. The number of nitrogens with one attached hydrogen (secondary N) is 1. The maximum atomic E-state index is 5.13. The Morgan fingerprint density at radius 2 is 2.17 bits per heavy atom. The van der Waals surface area contributed by atoms with E-state index in [1.54, 1.807) is 6.26 Å². The monoisotopic (exact) mass is 159 g/mol. The predicted octanol–water partition coefficient (Wildman–Crippen LogP) is 2.78. The molecule has 0 bridgehead atoms. The van der Waals surface area contributed by atoms with Crippen molar-refractivity contribution in [1.29, 1.82) is 0 Å². The van der Waals surface area contributed by atoms with Gasteiger partial charge in [0.15, 0.2) is 0 Å². The number of rotatable bonds is 2. The molecule has 1 N–H and O–H groups in total. The van der Waals surface area contributed by atoms with Gasteiger partial charge >= 0.3 is 0 Å². The van der Waals surface area contributed by atoms with Crippen LogP contribution in [0.2, 0.25) is 0 Å². The lowest BCUT2D eigenvalue weighted by molar-refractivity contribution is 0.557. The van der Waals surface area contributed by atoms with Gasteiger partial charge in [0.25, 0.3) is 0 Å². The average Bonchev–Trinajstić information content (AvgIpc) is 2.74. The first-order valence-corrected chi connectivity index (χ1v) is 3.80. The van der Waals surface area contributed by atoms with E-state index in [0.29, 0.717) is 0 Å². The van der Waals surface area contributed by atoms with Crippen LogP contribution in [0.5, 0.6) is 0 Å². The molecule has 0 spiro atoms. The highest BCUT2D eigenvalue weighted by Gasteiger charge is 1.87. The zero-order chi connectivity index (χ0) is 8.23. The Bertz CT molecular complexity index is 307. The summed E-state index contributed by atoms with van der Waals surface area (Å²) >= 11 is 0. The van der Waals surface area contributed by atoms with Gasteiger partial charge in [0.1, 0.15) is 5.76 Å². The summed E-state index contributed by atoms with van der Waals surface area (Å²) in [7, 11) is 0. The molecule has 2 aromatic heterocycles. The number of H-pyrrole nitrogens is 1. The average molecular weight is 159 g/mol. The Morgan fingerprint density at radius 3 is 2.83 bits per heavy atom. The molecule has 2 rings (SSSR count). The van der Waals surface area contributed by atoms with Crippen LogP contribution in [-0.4, -0.2) is 4.98 Å². The first-order valence-electron chi connectivity index (χ1n) is 3.80. The summed E-state index contributed by atoms with van der Waals surface area (Å²) in [5.74, 6) is 0.865. The van der Waals surface area contributed by atoms with Crippen LogP contribution in [0.4, 0.5) is 0 Å². The Labute approximate surface area is 70.5 Å². The second-order valence-electron chi connectivity index (χ2n) is 2.47. The van der Waals surface area contributed by atoms with Crippen molar-refractivity contribution < 1.29 is 4.42 Å². The summed E-state index contributed by atoms with van der Waals surface area (Å²) in [5.41, 5.74) is 1.08. The summed E-state index contributed by atoms with van der Waals surface area (Å²) in [6.07, 6.45) is 7.45. The standard InChI is InChI=1S/C10H9NO/c1-3-9(11-7-1)5-6-10-4-2-8-12-10/h1-8,11H. The van der Waals surface area contributed by atoms with Crippen molar-refractivity contribution in [2.45, 2.75) is 0 Å². The zero-order valence-corrected chi connectivity index (χ0v) is 6.53. The Morgan fingerprint density at radius 1 is 1.17 bits per heavy atom. The van der Waals surface area contributed by atoms with Crippen LogP contribution in [0.15, 0.2) is 41.1 Å². The van der Waals surface area contributed by atoms with Gasteiger partial charge in [0.2, 0.25) is 0 Å². The molecule has 0 saturated heterocycles. The minimum Gasteiger partial charge on any atom is -0.465 e. The molecule has 0 aliphatic rings. The van der Waals surface area contributed by atoms with E-state index in [0.717, 1.165) is 11.5 Å². The van der Waals surface area contributed by atoms with Crippen LogP contribution in [0.25, 0.3) is 12.2 Å². The van der Waals surface area contributed by atoms with Gasteiger partial charge in [-0.25, -0.2) is 0 Å². The Balaban J connectivity index is 2.14. The summed E-state index contributed by atoms with van der Waals surface area (Å²) in [6.45, 7) is 0. The third-order valence-corrected chi connectivity index (χ3v) is 1.59. The van der Waals surface area contributed by atoms with Crippen molar-refractivity contribution in [1.82, 2.24) is 4.98 Å². The number of aromatic nitrogens is 1. The number of hydrogen-bond acceptors (Lipinski definition) is 1. The molecule has 0 saturated carbocycles. The van der Waals surface area contributed by atoms with Crippen LogP contribution < -0.4 is 0 Å². The maximum Gasteiger partial charge on any atom is 0.126 e. The van der Waals surface area contributed by atoms with E-state index in [1.807, 2.05) is 42.6 Å². The van der Waals surface area contributed by atoms with Crippen LogP contribution in [0.3, 0.4) is 0 Å². The zero-order valence-electron chi connectivity index (χ0n) is 6.53. The summed E-state index contributed by atoms with van der Waals surface area (Å²) in [4.78, 5) is 3.07.